The van der Waals surface area contributed by atoms with Gasteiger partial charge in [0.15, 0.2) is 11.6 Å². The van der Waals surface area contributed by atoms with Crippen molar-refractivity contribution in [2.45, 2.75) is 44.6 Å². The molecule has 124 valence electrons. The van der Waals surface area contributed by atoms with Crippen LogP contribution in [0.5, 0.6) is 0 Å². The van der Waals surface area contributed by atoms with Gasteiger partial charge in [0.1, 0.15) is 0 Å². The summed E-state index contributed by atoms with van der Waals surface area (Å²) in [4.78, 5) is 12.3. The highest BCUT2D eigenvalue weighted by Crippen LogP contribution is 2.48. The molecule has 1 aliphatic carbocycles. The van der Waals surface area contributed by atoms with Crippen LogP contribution in [0.1, 0.15) is 44.6 Å². The predicted octanol–water partition coefficient (Wildman–Crippen LogP) is 3.12. The lowest BCUT2D eigenvalue weighted by Gasteiger charge is -2.31. The molecule has 3 N–H and O–H groups in total. The zero-order valence-electron chi connectivity index (χ0n) is 12.9. The summed E-state index contributed by atoms with van der Waals surface area (Å²) in [5.41, 5.74) is 6.09. The van der Waals surface area contributed by atoms with Crippen LogP contribution in [0.25, 0.3) is 0 Å². The third-order valence-corrected chi connectivity index (χ3v) is 4.63. The third-order valence-electron chi connectivity index (χ3n) is 4.63. The van der Waals surface area contributed by atoms with Crippen molar-refractivity contribution in [3.63, 3.8) is 0 Å². The second-order valence-corrected chi connectivity index (χ2v) is 5.80. The minimum atomic E-state index is -0.864. The Labute approximate surface area is 136 Å². The van der Waals surface area contributed by atoms with E-state index in [-0.39, 0.29) is 35.7 Å². The van der Waals surface area contributed by atoms with Crippen molar-refractivity contribution in [3.05, 3.63) is 35.4 Å². The molecule has 6 heteroatoms. The normalized spacial score (nSPS) is 20.2. The Morgan fingerprint density at radius 2 is 1.95 bits per heavy atom. The molecule has 2 unspecified atom stereocenters. The van der Waals surface area contributed by atoms with Gasteiger partial charge in [0.2, 0.25) is 5.91 Å². The van der Waals surface area contributed by atoms with Crippen LogP contribution in [0, 0.1) is 17.6 Å². The van der Waals surface area contributed by atoms with Crippen molar-refractivity contribution in [1.82, 2.24) is 5.32 Å². The molecule has 1 fully saturated rings. The second-order valence-electron chi connectivity index (χ2n) is 5.80. The molecule has 2 atom stereocenters. The lowest BCUT2D eigenvalue weighted by atomic mass is 9.92. The van der Waals surface area contributed by atoms with Gasteiger partial charge in [-0.15, -0.1) is 12.4 Å². The molecule has 0 saturated heterocycles. The molecule has 0 bridgehead atoms. The number of carbonyl (C=O) groups excluding carboxylic acids is 1. The topological polar surface area (TPSA) is 55.1 Å². The van der Waals surface area contributed by atoms with Crippen LogP contribution in [0.3, 0.4) is 0 Å². The fraction of sp³-hybridized carbons (Fsp3) is 0.562. The average molecular weight is 333 g/mol. The molecular formula is C16H23ClF2N2O. The first-order valence-electron chi connectivity index (χ1n) is 7.43. The minimum absolute atomic E-state index is 0. The summed E-state index contributed by atoms with van der Waals surface area (Å²) in [6, 6.07) is 3.84. The van der Waals surface area contributed by atoms with Gasteiger partial charge in [-0.2, -0.15) is 0 Å². The smallest absolute Gasteiger partial charge is 0.224 e. The molecule has 0 aromatic heterocycles. The van der Waals surface area contributed by atoms with Crippen LogP contribution < -0.4 is 11.1 Å². The van der Waals surface area contributed by atoms with E-state index >= 15 is 0 Å². The maximum Gasteiger partial charge on any atom is 0.224 e. The van der Waals surface area contributed by atoms with Crippen molar-refractivity contribution in [2.75, 3.05) is 6.54 Å². The van der Waals surface area contributed by atoms with Gasteiger partial charge in [0.25, 0.3) is 0 Å². The minimum Gasteiger partial charge on any atom is -0.349 e. The molecule has 1 saturated carbocycles. The molecule has 0 heterocycles. The van der Waals surface area contributed by atoms with E-state index in [1.807, 2.05) is 13.8 Å². The van der Waals surface area contributed by atoms with E-state index in [0.717, 1.165) is 18.9 Å². The van der Waals surface area contributed by atoms with Crippen molar-refractivity contribution in [2.24, 2.45) is 11.7 Å². The molecule has 1 aromatic rings. The first-order chi connectivity index (χ1) is 9.96. The number of rotatable bonds is 6. The number of benzene rings is 1. The van der Waals surface area contributed by atoms with Crippen molar-refractivity contribution in [1.29, 1.82) is 0 Å². The summed E-state index contributed by atoms with van der Waals surface area (Å²) >= 11 is 0. The summed E-state index contributed by atoms with van der Waals surface area (Å²) in [5, 5.41) is 3.04. The monoisotopic (exact) mass is 332 g/mol. The lowest BCUT2D eigenvalue weighted by molar-refractivity contribution is -0.124. The van der Waals surface area contributed by atoms with E-state index in [9.17, 15) is 13.6 Å². The molecule has 1 aromatic carbocycles. The molecule has 1 aliphatic rings. The molecule has 1 amide bonds. The number of amides is 1. The number of carbonyl (C=O) groups is 1. The fourth-order valence-electron chi connectivity index (χ4n) is 2.72. The maximum atomic E-state index is 13.2. The molecule has 0 radical (unpaired) electrons. The zero-order chi connectivity index (χ0) is 15.6. The summed E-state index contributed by atoms with van der Waals surface area (Å²) in [7, 11) is 0. The first kappa shape index (κ1) is 18.8. The van der Waals surface area contributed by atoms with Gasteiger partial charge in [-0.3, -0.25) is 4.79 Å². The quantitative estimate of drug-likeness (QED) is 0.841. The van der Waals surface area contributed by atoms with Crippen molar-refractivity contribution < 1.29 is 13.6 Å². The Hall–Kier alpha value is -1.20. The third kappa shape index (κ3) is 3.76. The second kappa shape index (κ2) is 7.38. The Kier molecular flexibility index (Phi) is 6.32. The highest BCUT2D eigenvalue weighted by Gasteiger charge is 2.45. The molecule has 0 spiro atoms. The summed E-state index contributed by atoms with van der Waals surface area (Å²) in [5.74, 6) is -1.96. The Morgan fingerprint density at radius 1 is 1.32 bits per heavy atom. The van der Waals surface area contributed by atoms with Crippen LogP contribution in [0.15, 0.2) is 18.2 Å². The Balaban J connectivity index is 0.00000242. The molecule has 2 rings (SSSR count). The van der Waals surface area contributed by atoms with E-state index in [1.54, 1.807) is 6.07 Å². The van der Waals surface area contributed by atoms with Gasteiger partial charge in [0, 0.05) is 12.5 Å². The van der Waals surface area contributed by atoms with Gasteiger partial charge in [0.05, 0.1) is 5.54 Å². The molecule has 3 nitrogen and oxygen atoms in total. The maximum absolute atomic E-state index is 13.2. The number of hydrogen-bond donors (Lipinski definition) is 2. The van der Waals surface area contributed by atoms with Crippen LogP contribution in [0.4, 0.5) is 8.78 Å². The number of hydrogen-bond acceptors (Lipinski definition) is 2. The highest BCUT2D eigenvalue weighted by atomic mass is 35.5. The van der Waals surface area contributed by atoms with Crippen LogP contribution in [-0.4, -0.2) is 18.0 Å². The molecule has 0 aliphatic heterocycles. The molecule has 22 heavy (non-hydrogen) atoms. The largest absolute Gasteiger partial charge is 0.349 e. The van der Waals surface area contributed by atoms with Gasteiger partial charge in [-0.1, -0.05) is 19.9 Å². The van der Waals surface area contributed by atoms with Gasteiger partial charge < -0.3 is 11.1 Å². The number of halogens is 3. The van der Waals surface area contributed by atoms with E-state index in [4.69, 9.17) is 5.73 Å². The summed E-state index contributed by atoms with van der Waals surface area (Å²) < 4.78 is 26.2. The van der Waals surface area contributed by atoms with E-state index in [2.05, 4.69) is 5.32 Å². The van der Waals surface area contributed by atoms with Gasteiger partial charge in [-0.05, 0) is 42.9 Å². The summed E-state index contributed by atoms with van der Waals surface area (Å²) in [6.45, 7) is 4.39. The Morgan fingerprint density at radius 3 is 2.45 bits per heavy atom. The lowest BCUT2D eigenvalue weighted by Crippen LogP contribution is -2.53. The SMILES string of the molecule is CCC(CC)(CN)NC(=O)C1CC1c1ccc(F)c(F)c1.Cl. The number of nitrogens with two attached hydrogens (primary N) is 1. The van der Waals surface area contributed by atoms with Crippen LogP contribution in [0.2, 0.25) is 0 Å². The van der Waals surface area contributed by atoms with Crippen LogP contribution >= 0.6 is 12.4 Å². The fourth-order valence-corrected chi connectivity index (χ4v) is 2.72. The van der Waals surface area contributed by atoms with E-state index in [0.29, 0.717) is 18.5 Å². The van der Waals surface area contributed by atoms with Gasteiger partial charge in [-0.25, -0.2) is 8.78 Å². The van der Waals surface area contributed by atoms with E-state index in [1.165, 1.54) is 6.07 Å². The van der Waals surface area contributed by atoms with Crippen molar-refractivity contribution >= 4 is 18.3 Å². The average Bonchev–Trinajstić information content (AvgIpc) is 3.28. The summed E-state index contributed by atoms with van der Waals surface area (Å²) in [6.07, 6.45) is 2.22. The van der Waals surface area contributed by atoms with Gasteiger partial charge >= 0.3 is 0 Å². The molecular weight excluding hydrogens is 310 g/mol. The van der Waals surface area contributed by atoms with Crippen molar-refractivity contribution in [3.8, 4) is 0 Å². The highest BCUT2D eigenvalue weighted by molar-refractivity contribution is 5.85. The Bertz CT molecular complexity index is 527. The number of nitrogens with one attached hydrogen (secondary N) is 1. The standard InChI is InChI=1S/C16H22F2N2O.ClH/c1-3-16(4-2,9-19)20-15(21)12-8-11(12)10-5-6-13(17)14(18)7-10;/h5-7,11-12H,3-4,8-9,19H2,1-2H3,(H,20,21);1H. The predicted molar refractivity (Wildman–Crippen MR) is 85.0 cm³/mol. The van der Waals surface area contributed by atoms with Crippen LogP contribution in [-0.2, 0) is 4.79 Å². The first-order valence-corrected chi connectivity index (χ1v) is 7.43. The van der Waals surface area contributed by atoms with E-state index < -0.39 is 11.6 Å². The zero-order valence-corrected chi connectivity index (χ0v) is 13.7.